The predicted molar refractivity (Wildman–Crippen MR) is 72.7 cm³/mol. The topological polar surface area (TPSA) is 80.4 Å². The van der Waals surface area contributed by atoms with Crippen molar-refractivity contribution in [2.75, 3.05) is 18.8 Å². The van der Waals surface area contributed by atoms with Crippen molar-refractivity contribution in [3.63, 3.8) is 0 Å². The molecule has 1 saturated heterocycles. The van der Waals surface area contributed by atoms with Crippen LogP contribution in [0.3, 0.4) is 0 Å². The molecule has 1 aromatic rings. The maximum Gasteiger partial charge on any atom is 0.271 e. The van der Waals surface area contributed by atoms with Gasteiger partial charge in [-0.15, -0.1) is 0 Å². The van der Waals surface area contributed by atoms with Crippen molar-refractivity contribution >= 4 is 17.5 Å². The van der Waals surface area contributed by atoms with Crippen molar-refractivity contribution in [1.82, 2.24) is 14.8 Å². The highest BCUT2D eigenvalue weighted by molar-refractivity contribution is 5.97. The molecule has 2 rings (SSSR count). The quantitative estimate of drug-likeness (QED) is 0.821. The molecule has 0 aliphatic carbocycles. The molecule has 1 atom stereocenters. The molecule has 3 N–H and O–H groups in total. The molecule has 2 amide bonds. The second-order valence-electron chi connectivity index (χ2n) is 5.13. The summed E-state index contributed by atoms with van der Waals surface area (Å²) in [6.07, 6.45) is 1.76. The SMILES string of the molecule is CC1C(=O)NCCN1C(=O)c1cc(N)cn1C(C)C. The number of carbonyl (C=O) groups is 2. The van der Waals surface area contributed by atoms with Gasteiger partial charge < -0.3 is 20.5 Å². The number of nitrogens with two attached hydrogens (primary N) is 1. The van der Waals surface area contributed by atoms with E-state index in [1.165, 1.54) is 0 Å². The minimum atomic E-state index is -0.446. The van der Waals surface area contributed by atoms with Gasteiger partial charge in [0.05, 0.1) is 5.69 Å². The number of hydrogen-bond donors (Lipinski definition) is 2. The number of nitrogens with one attached hydrogen (secondary N) is 1. The number of anilines is 1. The molecule has 1 unspecified atom stereocenters. The normalized spacial score (nSPS) is 19.7. The summed E-state index contributed by atoms with van der Waals surface area (Å²) in [5.41, 5.74) is 6.87. The summed E-state index contributed by atoms with van der Waals surface area (Å²) >= 11 is 0. The van der Waals surface area contributed by atoms with Gasteiger partial charge in [-0.3, -0.25) is 9.59 Å². The molecule has 19 heavy (non-hydrogen) atoms. The standard InChI is InChI=1S/C13H20N4O2/c1-8(2)17-7-10(14)6-11(17)13(19)16-5-4-15-12(18)9(16)3/h6-9H,4-5,14H2,1-3H3,(H,15,18). The maximum atomic E-state index is 12.6. The third-order valence-corrected chi connectivity index (χ3v) is 3.40. The van der Waals surface area contributed by atoms with Gasteiger partial charge in [0.2, 0.25) is 5.91 Å². The lowest BCUT2D eigenvalue weighted by Crippen LogP contribution is -2.56. The zero-order chi connectivity index (χ0) is 14.2. The Morgan fingerprint density at radius 1 is 1.53 bits per heavy atom. The summed E-state index contributed by atoms with van der Waals surface area (Å²) < 4.78 is 1.84. The summed E-state index contributed by atoms with van der Waals surface area (Å²) in [5, 5.41) is 2.75. The number of carbonyl (C=O) groups excluding carboxylic acids is 2. The number of nitrogens with zero attached hydrogens (tertiary/aromatic N) is 2. The second kappa shape index (κ2) is 4.95. The van der Waals surface area contributed by atoms with E-state index in [1.54, 1.807) is 24.1 Å². The third-order valence-electron chi connectivity index (χ3n) is 3.40. The Labute approximate surface area is 112 Å². The minimum Gasteiger partial charge on any atom is -0.397 e. The van der Waals surface area contributed by atoms with E-state index < -0.39 is 6.04 Å². The lowest BCUT2D eigenvalue weighted by atomic mass is 10.2. The molecule has 1 fully saturated rings. The van der Waals surface area contributed by atoms with Crippen LogP contribution in [0.25, 0.3) is 0 Å². The largest absolute Gasteiger partial charge is 0.397 e. The van der Waals surface area contributed by atoms with Crippen molar-refractivity contribution in [2.24, 2.45) is 0 Å². The van der Waals surface area contributed by atoms with E-state index in [0.29, 0.717) is 24.5 Å². The van der Waals surface area contributed by atoms with E-state index in [-0.39, 0.29) is 17.9 Å². The van der Waals surface area contributed by atoms with Gasteiger partial charge in [0.25, 0.3) is 5.91 Å². The number of nitrogen functional groups attached to an aromatic ring is 1. The second-order valence-corrected chi connectivity index (χ2v) is 5.13. The molecule has 104 valence electrons. The van der Waals surface area contributed by atoms with Gasteiger partial charge in [-0.1, -0.05) is 0 Å². The Bertz CT molecular complexity index is 507. The van der Waals surface area contributed by atoms with Crippen LogP contribution in [0.1, 0.15) is 37.3 Å². The van der Waals surface area contributed by atoms with Gasteiger partial charge in [0.1, 0.15) is 11.7 Å². The summed E-state index contributed by atoms with van der Waals surface area (Å²) in [7, 11) is 0. The molecule has 0 saturated carbocycles. The highest BCUT2D eigenvalue weighted by Crippen LogP contribution is 2.19. The highest BCUT2D eigenvalue weighted by atomic mass is 16.2. The Kier molecular flexibility index (Phi) is 3.50. The van der Waals surface area contributed by atoms with Crippen LogP contribution in [0.5, 0.6) is 0 Å². The van der Waals surface area contributed by atoms with Crippen LogP contribution in [-0.2, 0) is 4.79 Å². The Balaban J connectivity index is 2.31. The number of piperazine rings is 1. The van der Waals surface area contributed by atoms with Crippen molar-refractivity contribution in [2.45, 2.75) is 32.9 Å². The number of hydrogen-bond acceptors (Lipinski definition) is 3. The lowest BCUT2D eigenvalue weighted by molar-refractivity contribution is -0.127. The fraction of sp³-hybridized carbons (Fsp3) is 0.538. The van der Waals surface area contributed by atoms with Gasteiger partial charge in [-0.05, 0) is 26.8 Å². The first-order chi connectivity index (χ1) is 8.91. The Hall–Kier alpha value is -1.98. The van der Waals surface area contributed by atoms with Crippen molar-refractivity contribution in [1.29, 1.82) is 0 Å². The smallest absolute Gasteiger partial charge is 0.271 e. The Morgan fingerprint density at radius 2 is 2.21 bits per heavy atom. The predicted octanol–water partition coefficient (Wildman–Crippen LogP) is 0.612. The van der Waals surface area contributed by atoms with E-state index in [1.807, 2.05) is 18.4 Å². The van der Waals surface area contributed by atoms with Crippen LogP contribution in [0.15, 0.2) is 12.3 Å². The maximum absolute atomic E-state index is 12.6. The van der Waals surface area contributed by atoms with E-state index in [2.05, 4.69) is 5.32 Å². The van der Waals surface area contributed by atoms with E-state index in [0.717, 1.165) is 0 Å². The van der Waals surface area contributed by atoms with Gasteiger partial charge in [-0.2, -0.15) is 0 Å². The van der Waals surface area contributed by atoms with Crippen molar-refractivity contribution in [3.05, 3.63) is 18.0 Å². The van der Waals surface area contributed by atoms with Crippen LogP contribution in [0, 0.1) is 0 Å². The van der Waals surface area contributed by atoms with Crippen molar-refractivity contribution in [3.8, 4) is 0 Å². The van der Waals surface area contributed by atoms with Crippen LogP contribution >= 0.6 is 0 Å². The molecule has 6 nitrogen and oxygen atoms in total. The van der Waals surface area contributed by atoms with Crippen LogP contribution in [-0.4, -0.2) is 40.4 Å². The molecule has 0 spiro atoms. The first-order valence-electron chi connectivity index (χ1n) is 6.48. The lowest BCUT2D eigenvalue weighted by Gasteiger charge is -2.33. The van der Waals surface area contributed by atoms with Crippen LogP contribution < -0.4 is 11.1 Å². The fourth-order valence-electron chi connectivity index (χ4n) is 2.31. The van der Waals surface area contributed by atoms with Gasteiger partial charge in [0.15, 0.2) is 0 Å². The molecular weight excluding hydrogens is 244 g/mol. The monoisotopic (exact) mass is 264 g/mol. The van der Waals surface area contributed by atoms with Gasteiger partial charge in [0, 0.05) is 25.3 Å². The first-order valence-corrected chi connectivity index (χ1v) is 6.48. The number of amides is 2. The van der Waals surface area contributed by atoms with Crippen molar-refractivity contribution < 1.29 is 9.59 Å². The van der Waals surface area contributed by atoms with Crippen LogP contribution in [0.2, 0.25) is 0 Å². The number of rotatable bonds is 2. The summed E-state index contributed by atoms with van der Waals surface area (Å²) in [5.74, 6) is -0.261. The van der Waals surface area contributed by atoms with Crippen LogP contribution in [0.4, 0.5) is 5.69 Å². The Morgan fingerprint density at radius 3 is 2.84 bits per heavy atom. The fourth-order valence-corrected chi connectivity index (χ4v) is 2.31. The zero-order valence-electron chi connectivity index (χ0n) is 11.5. The third kappa shape index (κ3) is 2.43. The molecule has 0 radical (unpaired) electrons. The van der Waals surface area contributed by atoms with E-state index in [4.69, 9.17) is 5.73 Å². The molecule has 1 aliphatic rings. The molecular formula is C13H20N4O2. The minimum absolute atomic E-state index is 0.116. The van der Waals surface area contributed by atoms with E-state index >= 15 is 0 Å². The molecule has 1 aromatic heterocycles. The molecule has 1 aliphatic heterocycles. The van der Waals surface area contributed by atoms with Gasteiger partial charge >= 0.3 is 0 Å². The first kappa shape index (κ1) is 13.5. The summed E-state index contributed by atoms with van der Waals surface area (Å²) in [6.45, 7) is 6.73. The molecule has 6 heteroatoms. The number of aromatic nitrogens is 1. The zero-order valence-corrected chi connectivity index (χ0v) is 11.5. The summed E-state index contributed by atoms with van der Waals surface area (Å²) in [6, 6.07) is 1.37. The average Bonchev–Trinajstić information content (AvgIpc) is 2.74. The molecule has 2 heterocycles. The molecule has 0 bridgehead atoms. The molecule has 0 aromatic carbocycles. The average molecular weight is 264 g/mol. The van der Waals surface area contributed by atoms with E-state index in [9.17, 15) is 9.59 Å². The highest BCUT2D eigenvalue weighted by Gasteiger charge is 2.31. The van der Waals surface area contributed by atoms with Gasteiger partial charge in [-0.25, -0.2) is 0 Å². The summed E-state index contributed by atoms with van der Waals surface area (Å²) in [4.78, 5) is 25.8.